The predicted octanol–water partition coefficient (Wildman–Crippen LogP) is 2.90. The summed E-state index contributed by atoms with van der Waals surface area (Å²) in [7, 11) is -1.17. The Labute approximate surface area is 117 Å². The maximum atomic E-state index is 11.9. The summed E-state index contributed by atoms with van der Waals surface area (Å²) in [6.07, 6.45) is 0.672. The van der Waals surface area contributed by atoms with Crippen LogP contribution in [0.3, 0.4) is 0 Å². The van der Waals surface area contributed by atoms with Crippen molar-refractivity contribution in [1.82, 2.24) is 5.32 Å². The number of nitrogens with one attached hydrogen (secondary N) is 1. The fourth-order valence-electron chi connectivity index (χ4n) is 2.11. The van der Waals surface area contributed by atoms with Crippen molar-refractivity contribution in [3.8, 4) is 0 Å². The normalized spacial score (nSPS) is 13.7. The second-order valence-corrected chi connectivity index (χ2v) is 7.51. The molecule has 1 N–H and O–H groups in total. The fourth-order valence-corrected chi connectivity index (χ4v) is 3.76. The van der Waals surface area contributed by atoms with E-state index in [1.54, 1.807) is 0 Å². The van der Waals surface area contributed by atoms with Crippen LogP contribution in [0.1, 0.15) is 50.3 Å². The molecule has 0 saturated carbocycles. The van der Waals surface area contributed by atoms with Crippen LogP contribution in [0.15, 0.2) is 24.3 Å². The van der Waals surface area contributed by atoms with E-state index in [0.29, 0.717) is 12.3 Å². The van der Waals surface area contributed by atoms with E-state index in [1.165, 1.54) is 5.56 Å². The van der Waals surface area contributed by atoms with E-state index in [9.17, 15) is 8.42 Å². The quantitative estimate of drug-likeness (QED) is 0.837. The highest BCUT2D eigenvalue weighted by Crippen LogP contribution is 2.20. The Morgan fingerprint density at radius 1 is 1.11 bits per heavy atom. The lowest BCUT2D eigenvalue weighted by atomic mass is 10.00. The molecular formula is C15H25NO2S. The SMILES string of the molecule is CCCS(=O)(=O)CC(NC)c1ccc(C(C)C)cc1. The van der Waals surface area contributed by atoms with Gasteiger partial charge in [-0.15, -0.1) is 0 Å². The minimum Gasteiger partial charge on any atom is -0.312 e. The Balaban J connectivity index is 2.86. The van der Waals surface area contributed by atoms with Gasteiger partial charge < -0.3 is 5.32 Å². The molecule has 0 aliphatic carbocycles. The van der Waals surface area contributed by atoms with Gasteiger partial charge in [0, 0.05) is 11.8 Å². The van der Waals surface area contributed by atoms with E-state index in [2.05, 4.69) is 31.3 Å². The highest BCUT2D eigenvalue weighted by molar-refractivity contribution is 7.91. The first-order valence-corrected chi connectivity index (χ1v) is 8.69. The van der Waals surface area contributed by atoms with Gasteiger partial charge in [-0.1, -0.05) is 45.0 Å². The van der Waals surface area contributed by atoms with E-state index < -0.39 is 9.84 Å². The van der Waals surface area contributed by atoms with Gasteiger partial charge in [-0.2, -0.15) is 0 Å². The smallest absolute Gasteiger partial charge is 0.152 e. The Morgan fingerprint density at radius 2 is 1.63 bits per heavy atom. The van der Waals surface area contributed by atoms with E-state index in [0.717, 1.165) is 5.56 Å². The van der Waals surface area contributed by atoms with Gasteiger partial charge in [0.2, 0.25) is 0 Å². The minimum atomic E-state index is -2.98. The Morgan fingerprint density at radius 3 is 2.05 bits per heavy atom. The molecule has 4 heteroatoms. The van der Waals surface area contributed by atoms with Crippen LogP contribution in [0.5, 0.6) is 0 Å². The predicted molar refractivity (Wildman–Crippen MR) is 81.3 cm³/mol. The van der Waals surface area contributed by atoms with Gasteiger partial charge in [-0.25, -0.2) is 8.42 Å². The number of rotatable bonds is 7. The summed E-state index contributed by atoms with van der Waals surface area (Å²) in [6.45, 7) is 6.19. The molecule has 0 radical (unpaired) electrons. The molecule has 1 rings (SSSR count). The van der Waals surface area contributed by atoms with Gasteiger partial charge >= 0.3 is 0 Å². The van der Waals surface area contributed by atoms with Crippen LogP contribution in [-0.2, 0) is 9.84 Å². The van der Waals surface area contributed by atoms with Gasteiger partial charge in [0.05, 0.1) is 5.75 Å². The summed E-state index contributed by atoms with van der Waals surface area (Å²) >= 11 is 0. The highest BCUT2D eigenvalue weighted by atomic mass is 32.2. The zero-order valence-corrected chi connectivity index (χ0v) is 13.1. The Bertz CT molecular complexity index is 477. The molecule has 0 heterocycles. The third-order valence-corrected chi connectivity index (χ3v) is 5.16. The van der Waals surface area contributed by atoms with Gasteiger partial charge in [-0.3, -0.25) is 0 Å². The lowest BCUT2D eigenvalue weighted by Crippen LogP contribution is -2.26. The molecule has 0 saturated heterocycles. The lowest BCUT2D eigenvalue weighted by Gasteiger charge is -2.17. The van der Waals surface area contributed by atoms with Crippen molar-refractivity contribution in [3.05, 3.63) is 35.4 Å². The van der Waals surface area contributed by atoms with E-state index in [-0.39, 0.29) is 17.5 Å². The average molecular weight is 283 g/mol. The summed E-state index contributed by atoms with van der Waals surface area (Å²) in [4.78, 5) is 0. The topological polar surface area (TPSA) is 46.2 Å². The molecule has 19 heavy (non-hydrogen) atoms. The highest BCUT2D eigenvalue weighted by Gasteiger charge is 2.18. The zero-order valence-electron chi connectivity index (χ0n) is 12.3. The van der Waals surface area contributed by atoms with E-state index in [4.69, 9.17) is 0 Å². The van der Waals surface area contributed by atoms with Crippen LogP contribution in [0, 0.1) is 0 Å². The number of sulfone groups is 1. The fraction of sp³-hybridized carbons (Fsp3) is 0.600. The molecule has 108 valence electrons. The van der Waals surface area contributed by atoms with Gasteiger partial charge in [0.25, 0.3) is 0 Å². The molecule has 0 aromatic heterocycles. The van der Waals surface area contributed by atoms with Crippen molar-refractivity contribution in [1.29, 1.82) is 0 Å². The number of hydrogen-bond donors (Lipinski definition) is 1. The molecule has 0 fully saturated rings. The van der Waals surface area contributed by atoms with Crippen LogP contribution in [-0.4, -0.2) is 27.0 Å². The average Bonchev–Trinajstić information content (AvgIpc) is 2.36. The second kappa shape index (κ2) is 7.06. The summed E-state index contributed by atoms with van der Waals surface area (Å²) in [5.41, 5.74) is 2.31. The minimum absolute atomic E-state index is 0.127. The molecule has 1 atom stereocenters. The maximum absolute atomic E-state index is 11.9. The van der Waals surface area contributed by atoms with Crippen LogP contribution in [0.25, 0.3) is 0 Å². The van der Waals surface area contributed by atoms with Gasteiger partial charge in [0.15, 0.2) is 9.84 Å². The Hall–Kier alpha value is -0.870. The molecule has 1 aromatic carbocycles. The first kappa shape index (κ1) is 16.2. The van der Waals surface area contributed by atoms with Crippen molar-refractivity contribution in [3.63, 3.8) is 0 Å². The maximum Gasteiger partial charge on any atom is 0.152 e. The van der Waals surface area contributed by atoms with Crippen molar-refractivity contribution in [2.45, 2.75) is 39.2 Å². The molecule has 3 nitrogen and oxygen atoms in total. The third-order valence-electron chi connectivity index (χ3n) is 3.29. The van der Waals surface area contributed by atoms with Crippen molar-refractivity contribution in [2.75, 3.05) is 18.6 Å². The zero-order chi connectivity index (χ0) is 14.5. The molecule has 1 aromatic rings. The van der Waals surface area contributed by atoms with Crippen molar-refractivity contribution >= 4 is 9.84 Å². The first-order chi connectivity index (χ1) is 8.89. The van der Waals surface area contributed by atoms with E-state index >= 15 is 0 Å². The lowest BCUT2D eigenvalue weighted by molar-refractivity contribution is 0.573. The monoisotopic (exact) mass is 283 g/mol. The van der Waals surface area contributed by atoms with Gasteiger partial charge in [0.1, 0.15) is 0 Å². The molecule has 0 amide bonds. The summed E-state index contributed by atoms with van der Waals surface area (Å²) in [5.74, 6) is 0.916. The third kappa shape index (κ3) is 4.96. The van der Waals surface area contributed by atoms with E-state index in [1.807, 2.05) is 26.1 Å². The molecule has 0 bridgehead atoms. The van der Waals surface area contributed by atoms with Crippen molar-refractivity contribution < 1.29 is 8.42 Å². The van der Waals surface area contributed by atoms with Crippen LogP contribution in [0.4, 0.5) is 0 Å². The molecular weight excluding hydrogens is 258 g/mol. The van der Waals surface area contributed by atoms with Crippen LogP contribution >= 0.6 is 0 Å². The number of benzene rings is 1. The molecule has 0 aliphatic rings. The number of hydrogen-bond acceptors (Lipinski definition) is 3. The van der Waals surface area contributed by atoms with Crippen molar-refractivity contribution in [2.24, 2.45) is 0 Å². The summed E-state index contributed by atoms with van der Waals surface area (Å²) in [5, 5.41) is 3.10. The van der Waals surface area contributed by atoms with Crippen LogP contribution < -0.4 is 5.32 Å². The van der Waals surface area contributed by atoms with Crippen LogP contribution in [0.2, 0.25) is 0 Å². The standard InChI is InChI=1S/C15H25NO2S/c1-5-10-19(17,18)11-15(16-4)14-8-6-13(7-9-14)12(2)3/h6-9,12,15-16H,5,10-11H2,1-4H3. The molecule has 0 aliphatic heterocycles. The van der Waals surface area contributed by atoms with Gasteiger partial charge in [-0.05, 0) is 30.5 Å². The molecule has 1 unspecified atom stereocenters. The first-order valence-electron chi connectivity index (χ1n) is 6.87. The largest absolute Gasteiger partial charge is 0.312 e. The molecule has 0 spiro atoms. The Kier molecular flexibility index (Phi) is 6.01. The second-order valence-electron chi connectivity index (χ2n) is 5.28. The summed E-state index contributed by atoms with van der Waals surface area (Å²) < 4.78 is 23.8. The summed E-state index contributed by atoms with van der Waals surface area (Å²) in [6, 6.07) is 8.08.